The number of furan rings is 1. The van der Waals surface area contributed by atoms with Gasteiger partial charge in [-0.1, -0.05) is 140 Å². The molecule has 0 atom stereocenters. The SMILES string of the molecule is c1cc(-c2ccc3sc4ccc5c(ccc6oc7ccccc7c65)c4c3c2)cc(-c2c3ccccc3c(-c3cccc4ccccc34)c3ccccc23)c1. The van der Waals surface area contributed by atoms with Gasteiger partial charge in [0.1, 0.15) is 11.2 Å². The highest BCUT2D eigenvalue weighted by molar-refractivity contribution is 7.26. The molecule has 2 heteroatoms. The zero-order valence-corrected chi connectivity index (χ0v) is 30.0. The van der Waals surface area contributed by atoms with Crippen molar-refractivity contribution in [2.45, 2.75) is 0 Å². The highest BCUT2D eigenvalue weighted by Crippen LogP contribution is 2.47. The third-order valence-electron chi connectivity index (χ3n) is 11.4. The molecule has 0 radical (unpaired) electrons. The van der Waals surface area contributed by atoms with Crippen molar-refractivity contribution in [1.29, 1.82) is 0 Å². The summed E-state index contributed by atoms with van der Waals surface area (Å²) in [6.07, 6.45) is 0. The smallest absolute Gasteiger partial charge is 0.136 e. The predicted molar refractivity (Wildman–Crippen MR) is 233 cm³/mol. The molecule has 0 aliphatic heterocycles. The van der Waals surface area contributed by atoms with Crippen LogP contribution in [-0.2, 0) is 0 Å². The Labute approximate surface area is 314 Å². The number of hydrogen-bond donors (Lipinski definition) is 0. The van der Waals surface area contributed by atoms with Gasteiger partial charge in [-0.25, -0.2) is 0 Å². The molecule has 0 spiro atoms. The summed E-state index contributed by atoms with van der Waals surface area (Å²) in [4.78, 5) is 0. The molecule has 0 saturated carbocycles. The van der Waals surface area contributed by atoms with Crippen LogP contribution in [0.15, 0.2) is 186 Å². The van der Waals surface area contributed by atoms with E-state index in [0.717, 1.165) is 11.2 Å². The van der Waals surface area contributed by atoms with Gasteiger partial charge in [0, 0.05) is 30.9 Å². The van der Waals surface area contributed by atoms with Gasteiger partial charge < -0.3 is 4.42 Å². The Hall–Kier alpha value is -6.74. The lowest BCUT2D eigenvalue weighted by Gasteiger charge is -2.19. The van der Waals surface area contributed by atoms with Crippen LogP contribution in [0.4, 0.5) is 0 Å². The second-order valence-electron chi connectivity index (χ2n) is 14.3. The molecule has 250 valence electrons. The Kier molecular flexibility index (Phi) is 6.28. The summed E-state index contributed by atoms with van der Waals surface area (Å²) < 4.78 is 8.88. The lowest BCUT2D eigenvalue weighted by Crippen LogP contribution is -1.92. The van der Waals surface area contributed by atoms with Crippen LogP contribution in [0.5, 0.6) is 0 Å². The Bertz CT molecular complexity index is 3450. The van der Waals surface area contributed by atoms with Crippen molar-refractivity contribution in [1.82, 2.24) is 0 Å². The maximum Gasteiger partial charge on any atom is 0.136 e. The van der Waals surface area contributed by atoms with Crippen LogP contribution in [0.2, 0.25) is 0 Å². The standard InChI is InChI=1S/C52H30OS/c1-2-15-35-31(11-1)12-10-21-36(35)50-39-18-5-3-16-37(39)49(38-17-4-6-19-40(38)50)34-14-9-13-32(29-34)33-23-27-47-44(30-33)52-42-24-26-46-51(41(42)25-28-48(52)54-47)43-20-7-8-22-45(43)53-46/h1-30H. The van der Waals surface area contributed by atoms with E-state index in [1.165, 1.54) is 107 Å². The average molecular weight is 703 g/mol. The third-order valence-corrected chi connectivity index (χ3v) is 12.6. The molecule has 0 N–H and O–H groups in total. The van der Waals surface area contributed by atoms with Crippen molar-refractivity contribution >= 4 is 96.5 Å². The van der Waals surface area contributed by atoms with Crippen LogP contribution in [0.1, 0.15) is 0 Å². The Morgan fingerprint density at radius 3 is 1.72 bits per heavy atom. The Morgan fingerprint density at radius 2 is 0.907 bits per heavy atom. The second kappa shape index (κ2) is 11.4. The quantitative estimate of drug-likeness (QED) is 0.167. The topological polar surface area (TPSA) is 13.1 Å². The summed E-state index contributed by atoms with van der Waals surface area (Å²) in [5.74, 6) is 0. The molecule has 12 aromatic rings. The van der Waals surface area contributed by atoms with Crippen LogP contribution >= 0.6 is 11.3 Å². The highest BCUT2D eigenvalue weighted by Gasteiger charge is 2.19. The fraction of sp³-hybridized carbons (Fsp3) is 0. The molecule has 2 aromatic heterocycles. The molecule has 0 aliphatic rings. The molecule has 54 heavy (non-hydrogen) atoms. The minimum Gasteiger partial charge on any atom is -0.456 e. The van der Waals surface area contributed by atoms with Crippen LogP contribution < -0.4 is 0 Å². The minimum absolute atomic E-state index is 0.932. The van der Waals surface area contributed by atoms with Crippen molar-refractivity contribution in [3.63, 3.8) is 0 Å². The molecule has 0 saturated heterocycles. The first-order valence-electron chi connectivity index (χ1n) is 18.5. The van der Waals surface area contributed by atoms with Gasteiger partial charge in [0.2, 0.25) is 0 Å². The predicted octanol–water partition coefficient (Wildman–Crippen LogP) is 15.6. The summed E-state index contributed by atoms with van der Waals surface area (Å²) in [6.45, 7) is 0. The van der Waals surface area contributed by atoms with Crippen molar-refractivity contribution in [3.05, 3.63) is 182 Å². The summed E-state index contributed by atoms with van der Waals surface area (Å²) in [5.41, 5.74) is 9.36. The van der Waals surface area contributed by atoms with Crippen molar-refractivity contribution in [3.8, 4) is 33.4 Å². The summed E-state index contributed by atoms with van der Waals surface area (Å²) >= 11 is 1.87. The van der Waals surface area contributed by atoms with Gasteiger partial charge in [0.05, 0.1) is 0 Å². The number of benzene rings is 10. The van der Waals surface area contributed by atoms with Gasteiger partial charge >= 0.3 is 0 Å². The normalized spacial score (nSPS) is 12.1. The zero-order chi connectivity index (χ0) is 35.3. The number of fused-ring (bicyclic) bond motifs is 12. The first-order valence-corrected chi connectivity index (χ1v) is 19.3. The maximum absolute atomic E-state index is 6.27. The molecular formula is C52H30OS. The molecule has 10 aromatic carbocycles. The van der Waals surface area contributed by atoms with Crippen molar-refractivity contribution in [2.75, 3.05) is 0 Å². The zero-order valence-electron chi connectivity index (χ0n) is 29.1. The van der Waals surface area contributed by atoms with Crippen LogP contribution in [0.3, 0.4) is 0 Å². The van der Waals surface area contributed by atoms with Crippen LogP contribution in [0.25, 0.3) is 119 Å². The average Bonchev–Trinajstić information content (AvgIpc) is 3.81. The number of rotatable bonds is 3. The molecule has 0 unspecified atom stereocenters. The lowest BCUT2D eigenvalue weighted by atomic mass is 9.84. The molecule has 2 heterocycles. The molecule has 0 amide bonds. The first kappa shape index (κ1) is 29.8. The van der Waals surface area contributed by atoms with Crippen molar-refractivity contribution in [2.24, 2.45) is 0 Å². The fourth-order valence-electron chi connectivity index (χ4n) is 9.11. The fourth-order valence-corrected chi connectivity index (χ4v) is 10.2. The van der Waals surface area contributed by atoms with Gasteiger partial charge in [-0.05, 0) is 119 Å². The van der Waals surface area contributed by atoms with Crippen molar-refractivity contribution < 1.29 is 4.42 Å². The lowest BCUT2D eigenvalue weighted by molar-refractivity contribution is 0.669. The molecule has 12 rings (SSSR count). The molecule has 0 aliphatic carbocycles. The number of thiophene rings is 1. The Balaban J connectivity index is 1.07. The van der Waals surface area contributed by atoms with Gasteiger partial charge in [-0.3, -0.25) is 0 Å². The summed E-state index contributed by atoms with van der Waals surface area (Å²) in [7, 11) is 0. The maximum atomic E-state index is 6.27. The van der Waals surface area contributed by atoms with Gasteiger partial charge in [-0.2, -0.15) is 0 Å². The summed E-state index contributed by atoms with van der Waals surface area (Å²) in [5, 5.41) is 15.1. The van der Waals surface area contributed by atoms with Gasteiger partial charge in [0.15, 0.2) is 0 Å². The van der Waals surface area contributed by atoms with Gasteiger partial charge in [-0.15, -0.1) is 11.3 Å². The van der Waals surface area contributed by atoms with Crippen LogP contribution in [-0.4, -0.2) is 0 Å². The van der Waals surface area contributed by atoms with E-state index in [1.807, 2.05) is 17.4 Å². The number of hydrogen-bond acceptors (Lipinski definition) is 2. The second-order valence-corrected chi connectivity index (χ2v) is 15.4. The highest BCUT2D eigenvalue weighted by atomic mass is 32.1. The van der Waals surface area contributed by atoms with E-state index in [1.54, 1.807) is 0 Å². The molecule has 0 bridgehead atoms. The molecular weight excluding hydrogens is 673 g/mol. The van der Waals surface area contributed by atoms with E-state index < -0.39 is 0 Å². The minimum atomic E-state index is 0.932. The van der Waals surface area contributed by atoms with E-state index >= 15 is 0 Å². The Morgan fingerprint density at radius 1 is 0.315 bits per heavy atom. The largest absolute Gasteiger partial charge is 0.456 e. The molecule has 0 fully saturated rings. The monoisotopic (exact) mass is 702 g/mol. The summed E-state index contributed by atoms with van der Waals surface area (Å²) in [6, 6.07) is 66.8. The third kappa shape index (κ3) is 4.26. The molecule has 1 nitrogen and oxygen atoms in total. The van der Waals surface area contributed by atoms with E-state index in [2.05, 4.69) is 176 Å². The van der Waals surface area contributed by atoms with E-state index in [-0.39, 0.29) is 0 Å². The first-order chi connectivity index (χ1) is 26.8. The van der Waals surface area contributed by atoms with Crippen LogP contribution in [0, 0.1) is 0 Å². The van der Waals surface area contributed by atoms with Gasteiger partial charge in [0.25, 0.3) is 0 Å². The number of para-hydroxylation sites is 1. The van der Waals surface area contributed by atoms with E-state index in [0.29, 0.717) is 0 Å². The van der Waals surface area contributed by atoms with E-state index in [9.17, 15) is 0 Å². The van der Waals surface area contributed by atoms with E-state index in [4.69, 9.17) is 4.42 Å².